The Morgan fingerprint density at radius 2 is 1.79 bits per heavy atom. The van der Waals surface area contributed by atoms with Gasteiger partial charge in [-0.2, -0.15) is 0 Å². The summed E-state index contributed by atoms with van der Waals surface area (Å²) in [7, 11) is 1.63. The van der Waals surface area contributed by atoms with E-state index in [1.807, 2.05) is 24.3 Å². The van der Waals surface area contributed by atoms with Crippen LogP contribution in [-0.2, 0) is 0 Å². The first-order valence-corrected chi connectivity index (χ1v) is 12.8. The summed E-state index contributed by atoms with van der Waals surface area (Å²) < 4.78 is 5.36. The Balaban J connectivity index is 1.53. The van der Waals surface area contributed by atoms with Gasteiger partial charge < -0.3 is 14.7 Å². The summed E-state index contributed by atoms with van der Waals surface area (Å²) in [6.07, 6.45) is 2.68. The third-order valence-corrected chi connectivity index (χ3v) is 7.81. The van der Waals surface area contributed by atoms with Crippen LogP contribution in [0.4, 0.5) is 5.69 Å². The molecule has 1 heterocycles. The number of fused-ring (bicyclic) bond motifs is 1. The lowest BCUT2D eigenvalue weighted by atomic mass is 9.94. The fourth-order valence-electron chi connectivity index (χ4n) is 5.18. The number of hydrogen-bond acceptors (Lipinski definition) is 4. The van der Waals surface area contributed by atoms with E-state index in [1.165, 1.54) is 16.8 Å². The summed E-state index contributed by atoms with van der Waals surface area (Å²) in [6, 6.07) is 16.7. The maximum Gasteiger partial charge on any atom is 0.138 e. The Kier molecular flexibility index (Phi) is 8.02. The number of hydrogen-bond donors (Lipinski definition) is 1. The molecule has 0 aromatic heterocycles. The summed E-state index contributed by atoms with van der Waals surface area (Å²) in [5.41, 5.74) is 4.99. The molecule has 0 amide bonds. The van der Waals surface area contributed by atoms with Gasteiger partial charge in [0.05, 0.1) is 18.2 Å². The Morgan fingerprint density at radius 1 is 1.03 bits per heavy atom. The summed E-state index contributed by atoms with van der Waals surface area (Å²) in [6.45, 7) is 10.5. The molecule has 0 radical (unpaired) electrons. The lowest BCUT2D eigenvalue weighted by molar-refractivity contribution is 0.0386. The van der Waals surface area contributed by atoms with Crippen molar-refractivity contribution < 1.29 is 9.84 Å². The van der Waals surface area contributed by atoms with E-state index in [2.05, 4.69) is 54.8 Å². The average Bonchev–Trinajstić information content (AvgIpc) is 2.86. The van der Waals surface area contributed by atoms with Crippen molar-refractivity contribution in [1.29, 1.82) is 0 Å². The number of unbranched alkanes of at least 4 members (excludes halogenated alkanes) is 1. The molecule has 0 spiro atoms. The van der Waals surface area contributed by atoms with E-state index >= 15 is 0 Å². The zero-order chi connectivity index (χ0) is 24.2. The summed E-state index contributed by atoms with van der Waals surface area (Å²) in [4.78, 5) is 4.99. The van der Waals surface area contributed by atoms with Crippen LogP contribution in [0.1, 0.15) is 49.0 Å². The van der Waals surface area contributed by atoms with Crippen LogP contribution in [-0.4, -0.2) is 49.3 Å². The molecule has 2 atom stereocenters. The van der Waals surface area contributed by atoms with Gasteiger partial charge in [0.2, 0.25) is 0 Å². The van der Waals surface area contributed by atoms with Crippen molar-refractivity contribution in [1.82, 2.24) is 4.90 Å². The number of methoxy groups -OCH3 is 1. The number of anilines is 1. The van der Waals surface area contributed by atoms with Crippen LogP contribution >= 0.6 is 11.6 Å². The predicted molar refractivity (Wildman–Crippen MR) is 143 cm³/mol. The molecule has 5 heteroatoms. The molecule has 0 aliphatic carbocycles. The van der Waals surface area contributed by atoms with E-state index in [9.17, 15) is 5.11 Å². The number of piperazine rings is 1. The number of benzene rings is 3. The predicted octanol–water partition coefficient (Wildman–Crippen LogP) is 6.53. The van der Waals surface area contributed by atoms with Crippen molar-refractivity contribution in [2.75, 3.05) is 38.2 Å². The van der Waals surface area contributed by atoms with Crippen molar-refractivity contribution >= 4 is 28.1 Å². The molecule has 1 aliphatic rings. The van der Waals surface area contributed by atoms with Crippen molar-refractivity contribution in [2.45, 2.75) is 52.2 Å². The smallest absolute Gasteiger partial charge is 0.138 e. The van der Waals surface area contributed by atoms with Gasteiger partial charge in [0.15, 0.2) is 0 Å². The van der Waals surface area contributed by atoms with Gasteiger partial charge in [0, 0.05) is 43.3 Å². The van der Waals surface area contributed by atoms with Crippen molar-refractivity contribution in [3.8, 4) is 5.75 Å². The normalized spacial score (nSPS) is 16.6. The van der Waals surface area contributed by atoms with Crippen LogP contribution in [0, 0.1) is 13.8 Å². The van der Waals surface area contributed by atoms with Gasteiger partial charge in [-0.15, -0.1) is 0 Å². The Hall–Kier alpha value is -2.27. The van der Waals surface area contributed by atoms with Gasteiger partial charge in [0.1, 0.15) is 5.75 Å². The maximum absolute atomic E-state index is 11.5. The SMILES string of the molecule is CCCC[C@@H]([C@@H](O)c1ccc2c(Cl)c(OC)ccc2c1)N1CCN(c2cccc(C)c2C)CC1. The average molecular weight is 481 g/mol. The molecule has 0 saturated carbocycles. The molecule has 0 unspecified atom stereocenters. The number of rotatable bonds is 8. The van der Waals surface area contributed by atoms with Crippen LogP contribution in [0.3, 0.4) is 0 Å². The Morgan fingerprint density at radius 3 is 2.50 bits per heavy atom. The van der Waals surface area contributed by atoms with Crippen molar-refractivity contribution in [3.05, 3.63) is 70.2 Å². The first-order valence-electron chi connectivity index (χ1n) is 12.4. The van der Waals surface area contributed by atoms with Gasteiger partial charge in [-0.3, -0.25) is 4.90 Å². The highest BCUT2D eigenvalue weighted by atomic mass is 35.5. The molecule has 182 valence electrons. The summed E-state index contributed by atoms with van der Waals surface area (Å²) in [5.74, 6) is 0.671. The highest BCUT2D eigenvalue weighted by Gasteiger charge is 2.30. The first-order chi connectivity index (χ1) is 16.4. The molecule has 4 nitrogen and oxygen atoms in total. The van der Waals surface area contributed by atoms with Crippen LogP contribution in [0.25, 0.3) is 10.8 Å². The van der Waals surface area contributed by atoms with Gasteiger partial charge in [-0.1, -0.05) is 61.7 Å². The Labute approximate surface area is 209 Å². The Bertz CT molecular complexity index is 1120. The third kappa shape index (κ3) is 5.05. The van der Waals surface area contributed by atoms with E-state index in [4.69, 9.17) is 16.3 Å². The van der Waals surface area contributed by atoms with Crippen LogP contribution in [0.15, 0.2) is 48.5 Å². The third-order valence-electron chi connectivity index (χ3n) is 7.42. The zero-order valence-corrected chi connectivity index (χ0v) is 21.6. The van der Waals surface area contributed by atoms with E-state index in [0.29, 0.717) is 10.8 Å². The minimum atomic E-state index is -0.538. The van der Waals surface area contributed by atoms with E-state index < -0.39 is 6.10 Å². The first kappa shape index (κ1) is 24.8. The second kappa shape index (κ2) is 11.0. The molecule has 1 aliphatic heterocycles. The van der Waals surface area contributed by atoms with Crippen LogP contribution in [0.5, 0.6) is 5.75 Å². The van der Waals surface area contributed by atoms with Crippen LogP contribution in [0.2, 0.25) is 5.02 Å². The van der Waals surface area contributed by atoms with Gasteiger partial charge in [-0.25, -0.2) is 0 Å². The highest BCUT2D eigenvalue weighted by molar-refractivity contribution is 6.37. The molecule has 3 aromatic rings. The van der Waals surface area contributed by atoms with E-state index in [1.54, 1.807) is 7.11 Å². The van der Waals surface area contributed by atoms with Crippen molar-refractivity contribution in [3.63, 3.8) is 0 Å². The van der Waals surface area contributed by atoms with Gasteiger partial charge in [-0.05, 0) is 60.5 Å². The molecule has 0 bridgehead atoms. The quantitative estimate of drug-likeness (QED) is 0.397. The minimum absolute atomic E-state index is 0.104. The van der Waals surface area contributed by atoms with E-state index in [0.717, 1.165) is 61.8 Å². The molecule has 1 fully saturated rings. The lowest BCUT2D eigenvalue weighted by Crippen LogP contribution is -2.52. The molecule has 1 saturated heterocycles. The minimum Gasteiger partial charge on any atom is -0.495 e. The highest BCUT2D eigenvalue weighted by Crippen LogP contribution is 2.35. The molecular formula is C29H37ClN2O2. The maximum atomic E-state index is 11.5. The zero-order valence-electron chi connectivity index (χ0n) is 20.9. The standard InChI is InChI=1S/C29H37ClN2O2/c1-5-6-9-26(32-17-15-31(16-18-32)25-10-7-8-20(2)21(25)3)29(33)23-11-13-24-22(19-23)12-14-27(34-4)28(24)30/h7-8,10-14,19,26,29,33H,5-6,9,15-18H2,1-4H3/t26-,29-/m0/s1. The topological polar surface area (TPSA) is 35.9 Å². The monoisotopic (exact) mass is 480 g/mol. The van der Waals surface area contributed by atoms with Crippen LogP contribution < -0.4 is 9.64 Å². The molecular weight excluding hydrogens is 444 g/mol. The van der Waals surface area contributed by atoms with Crippen molar-refractivity contribution in [2.24, 2.45) is 0 Å². The number of aryl methyl sites for hydroxylation is 1. The second-order valence-corrected chi connectivity index (χ2v) is 9.84. The molecule has 3 aromatic carbocycles. The number of nitrogens with zero attached hydrogens (tertiary/aromatic N) is 2. The fraction of sp³-hybridized carbons (Fsp3) is 0.448. The fourth-order valence-corrected chi connectivity index (χ4v) is 5.49. The summed E-state index contributed by atoms with van der Waals surface area (Å²) in [5, 5.41) is 14.1. The second-order valence-electron chi connectivity index (χ2n) is 9.46. The van der Waals surface area contributed by atoms with Gasteiger partial charge in [0.25, 0.3) is 0 Å². The summed E-state index contributed by atoms with van der Waals surface area (Å²) >= 11 is 6.51. The molecule has 1 N–H and O–H groups in total. The van der Waals surface area contributed by atoms with Gasteiger partial charge >= 0.3 is 0 Å². The number of ether oxygens (including phenoxy) is 1. The lowest BCUT2D eigenvalue weighted by Gasteiger charge is -2.42. The largest absolute Gasteiger partial charge is 0.495 e. The van der Waals surface area contributed by atoms with E-state index in [-0.39, 0.29) is 6.04 Å². The molecule has 4 rings (SSSR count). The number of aliphatic hydroxyl groups excluding tert-OH is 1. The number of halogens is 1. The number of aliphatic hydroxyl groups is 1. The molecule has 34 heavy (non-hydrogen) atoms.